The van der Waals surface area contributed by atoms with Crippen molar-refractivity contribution in [2.45, 2.75) is 13.0 Å². The molecule has 4 rings (SSSR count). The fourth-order valence-corrected chi connectivity index (χ4v) is 2.93. The zero-order valence-corrected chi connectivity index (χ0v) is 15.0. The third kappa shape index (κ3) is 3.55. The van der Waals surface area contributed by atoms with Crippen LogP contribution < -0.4 is 10.3 Å². The average molecular weight is 376 g/mol. The van der Waals surface area contributed by atoms with Gasteiger partial charge in [-0.3, -0.25) is 15.0 Å². The van der Waals surface area contributed by atoms with E-state index in [9.17, 15) is 9.18 Å². The Hall–Kier alpha value is -3.74. The van der Waals surface area contributed by atoms with E-state index in [0.29, 0.717) is 22.5 Å². The van der Waals surface area contributed by atoms with Gasteiger partial charge in [0.25, 0.3) is 5.56 Å². The van der Waals surface area contributed by atoms with Gasteiger partial charge in [0.05, 0.1) is 17.0 Å². The monoisotopic (exact) mass is 376 g/mol. The van der Waals surface area contributed by atoms with Crippen molar-refractivity contribution in [1.29, 1.82) is 0 Å². The molecule has 0 saturated carbocycles. The van der Waals surface area contributed by atoms with Crippen LogP contribution in [0.25, 0.3) is 22.5 Å². The van der Waals surface area contributed by atoms with E-state index in [1.54, 1.807) is 24.4 Å². The summed E-state index contributed by atoms with van der Waals surface area (Å²) in [5.74, 6) is -0.370. The van der Waals surface area contributed by atoms with Crippen molar-refractivity contribution in [3.05, 3.63) is 88.6 Å². The second kappa shape index (κ2) is 7.48. The molecule has 0 amide bonds. The molecule has 2 heterocycles. The Morgan fingerprint density at radius 1 is 1.00 bits per heavy atom. The average Bonchev–Trinajstić information content (AvgIpc) is 3.11. The number of ether oxygens (including phenoxy) is 1. The molecule has 140 valence electrons. The van der Waals surface area contributed by atoms with Crippen LogP contribution in [0.15, 0.2) is 71.7 Å². The maximum atomic E-state index is 13.2. The lowest BCUT2D eigenvalue weighted by atomic mass is 10.0. The van der Waals surface area contributed by atoms with Gasteiger partial charge in [0.2, 0.25) is 0 Å². The van der Waals surface area contributed by atoms with Crippen LogP contribution in [0.4, 0.5) is 4.39 Å². The molecule has 1 unspecified atom stereocenters. The van der Waals surface area contributed by atoms with E-state index in [4.69, 9.17) is 4.74 Å². The first kappa shape index (κ1) is 17.7. The highest BCUT2D eigenvalue weighted by atomic mass is 19.1. The predicted octanol–water partition coefficient (Wildman–Crippen LogP) is 4.11. The first-order valence-corrected chi connectivity index (χ1v) is 8.73. The Labute approximate surface area is 160 Å². The molecule has 7 heteroatoms. The fraction of sp³-hybridized carbons (Fsp3) is 0.0952. The number of halogens is 1. The lowest BCUT2D eigenvalue weighted by Gasteiger charge is -2.13. The van der Waals surface area contributed by atoms with Crippen molar-refractivity contribution in [3.8, 4) is 28.5 Å². The Balaban J connectivity index is 1.67. The van der Waals surface area contributed by atoms with Gasteiger partial charge in [-0.2, -0.15) is 4.98 Å². The van der Waals surface area contributed by atoms with Crippen molar-refractivity contribution in [2.24, 2.45) is 0 Å². The molecule has 2 aromatic carbocycles. The molecule has 1 atom stereocenters. The molecule has 0 radical (unpaired) electrons. The number of nitrogens with zero attached hydrogens (tertiary/aromatic N) is 2. The van der Waals surface area contributed by atoms with Gasteiger partial charge in [0.1, 0.15) is 11.9 Å². The number of nitrogens with one attached hydrogen (secondary N) is 2. The number of benzene rings is 2. The zero-order chi connectivity index (χ0) is 19.5. The lowest BCUT2D eigenvalue weighted by Crippen LogP contribution is -2.06. The molecule has 0 spiro atoms. The molecule has 0 bridgehead atoms. The van der Waals surface area contributed by atoms with Gasteiger partial charge in [0.15, 0.2) is 0 Å². The number of aromatic amines is 2. The zero-order valence-electron chi connectivity index (χ0n) is 15.0. The Morgan fingerprint density at radius 3 is 2.50 bits per heavy atom. The predicted molar refractivity (Wildman–Crippen MR) is 103 cm³/mol. The third-order valence-electron chi connectivity index (χ3n) is 4.35. The van der Waals surface area contributed by atoms with Gasteiger partial charge in [-0.15, -0.1) is 0 Å². The SMILES string of the molecule is CC(Oc1nccc(-c2[nH][nH]c(=O)c2-c2ccc(F)cc2)n1)c1ccccc1. The van der Waals surface area contributed by atoms with E-state index < -0.39 is 0 Å². The second-order valence-electron chi connectivity index (χ2n) is 6.23. The van der Waals surface area contributed by atoms with Crippen molar-refractivity contribution < 1.29 is 9.13 Å². The highest BCUT2D eigenvalue weighted by Crippen LogP contribution is 2.27. The highest BCUT2D eigenvalue weighted by Gasteiger charge is 2.17. The van der Waals surface area contributed by atoms with Crippen LogP contribution in [0.2, 0.25) is 0 Å². The van der Waals surface area contributed by atoms with Crippen molar-refractivity contribution in [3.63, 3.8) is 0 Å². The minimum absolute atomic E-state index is 0.195. The summed E-state index contributed by atoms with van der Waals surface area (Å²) in [5.41, 5.74) is 2.61. The number of rotatable bonds is 5. The van der Waals surface area contributed by atoms with Gasteiger partial charge >= 0.3 is 6.01 Å². The summed E-state index contributed by atoms with van der Waals surface area (Å²) in [6.45, 7) is 1.91. The molecular formula is C21H17FN4O2. The number of aromatic nitrogens is 4. The van der Waals surface area contributed by atoms with Crippen molar-refractivity contribution >= 4 is 0 Å². The number of hydrogen-bond donors (Lipinski definition) is 2. The van der Waals surface area contributed by atoms with E-state index >= 15 is 0 Å². The van der Waals surface area contributed by atoms with Crippen LogP contribution in [-0.4, -0.2) is 20.2 Å². The first-order chi connectivity index (χ1) is 13.6. The molecule has 0 saturated heterocycles. The highest BCUT2D eigenvalue weighted by molar-refractivity contribution is 5.78. The maximum absolute atomic E-state index is 13.2. The van der Waals surface area contributed by atoms with E-state index in [1.807, 2.05) is 37.3 Å². The van der Waals surface area contributed by atoms with Crippen LogP contribution in [0.3, 0.4) is 0 Å². The summed E-state index contributed by atoms with van der Waals surface area (Å²) in [6.07, 6.45) is 1.33. The summed E-state index contributed by atoms with van der Waals surface area (Å²) in [7, 11) is 0. The summed E-state index contributed by atoms with van der Waals surface area (Å²) in [5, 5.41) is 5.40. The topological polar surface area (TPSA) is 83.7 Å². The van der Waals surface area contributed by atoms with Gasteiger partial charge in [-0.1, -0.05) is 42.5 Å². The van der Waals surface area contributed by atoms with Crippen molar-refractivity contribution in [1.82, 2.24) is 20.2 Å². The maximum Gasteiger partial charge on any atom is 0.317 e. The van der Waals surface area contributed by atoms with E-state index in [1.165, 1.54) is 12.1 Å². The molecule has 0 aliphatic carbocycles. The summed E-state index contributed by atoms with van der Waals surface area (Å²) in [6, 6.07) is 17.3. The Bertz CT molecular complexity index is 1140. The van der Waals surface area contributed by atoms with Crippen LogP contribution in [0.5, 0.6) is 6.01 Å². The standard InChI is InChI=1S/C21H17FN4O2/c1-13(14-5-3-2-4-6-14)28-21-23-12-11-17(24-21)19-18(20(27)26-25-19)15-7-9-16(22)10-8-15/h2-13H,1H3,(H2,25,26,27). The summed E-state index contributed by atoms with van der Waals surface area (Å²) >= 11 is 0. The van der Waals surface area contributed by atoms with Crippen molar-refractivity contribution in [2.75, 3.05) is 0 Å². The Morgan fingerprint density at radius 2 is 1.75 bits per heavy atom. The Kier molecular flexibility index (Phi) is 4.72. The summed E-state index contributed by atoms with van der Waals surface area (Å²) in [4.78, 5) is 20.9. The number of hydrogen-bond acceptors (Lipinski definition) is 4. The molecule has 0 aliphatic rings. The summed E-state index contributed by atoms with van der Waals surface area (Å²) < 4.78 is 19.1. The van der Waals surface area contributed by atoms with E-state index in [0.717, 1.165) is 5.56 Å². The number of H-pyrrole nitrogens is 2. The molecule has 4 aromatic rings. The molecule has 28 heavy (non-hydrogen) atoms. The van der Waals surface area contributed by atoms with Gasteiger partial charge in [0, 0.05) is 6.20 Å². The molecule has 2 aromatic heterocycles. The normalized spacial score (nSPS) is 11.9. The fourth-order valence-electron chi connectivity index (χ4n) is 2.93. The van der Waals surface area contributed by atoms with Crippen LogP contribution in [0.1, 0.15) is 18.6 Å². The van der Waals surface area contributed by atoms with E-state index in [-0.39, 0.29) is 23.5 Å². The molecular weight excluding hydrogens is 359 g/mol. The molecule has 0 fully saturated rings. The first-order valence-electron chi connectivity index (χ1n) is 8.73. The van der Waals surface area contributed by atoms with Gasteiger partial charge in [-0.05, 0) is 36.2 Å². The lowest BCUT2D eigenvalue weighted by molar-refractivity contribution is 0.207. The molecule has 2 N–H and O–H groups in total. The third-order valence-corrected chi connectivity index (χ3v) is 4.35. The van der Waals surface area contributed by atoms with Gasteiger partial charge < -0.3 is 4.74 Å². The van der Waals surface area contributed by atoms with Crippen LogP contribution in [0, 0.1) is 5.82 Å². The smallest absolute Gasteiger partial charge is 0.317 e. The van der Waals surface area contributed by atoms with Crippen LogP contribution in [-0.2, 0) is 0 Å². The minimum Gasteiger partial charge on any atom is -0.456 e. The van der Waals surface area contributed by atoms with Gasteiger partial charge in [-0.25, -0.2) is 9.37 Å². The quantitative estimate of drug-likeness (QED) is 0.549. The molecule has 6 nitrogen and oxygen atoms in total. The largest absolute Gasteiger partial charge is 0.456 e. The minimum atomic E-state index is -0.370. The van der Waals surface area contributed by atoms with Crippen LogP contribution >= 0.6 is 0 Å². The van der Waals surface area contributed by atoms with E-state index in [2.05, 4.69) is 20.2 Å². The molecule has 0 aliphatic heterocycles. The second-order valence-corrected chi connectivity index (χ2v) is 6.23.